The Kier molecular flexibility index (Phi) is 4.61. The summed E-state index contributed by atoms with van der Waals surface area (Å²) in [7, 11) is 4.97. The molecular weight excluding hydrogens is 272 g/mol. The van der Waals surface area contributed by atoms with E-state index in [4.69, 9.17) is 18.9 Å². The number of methoxy groups -OCH3 is 4. The highest BCUT2D eigenvalue weighted by Gasteiger charge is 2.57. The Morgan fingerprint density at radius 2 is 1.10 bits per heavy atom. The molecule has 1 aliphatic rings. The van der Waals surface area contributed by atoms with Crippen molar-refractivity contribution in [2.45, 2.75) is 25.4 Å². The van der Waals surface area contributed by atoms with Gasteiger partial charge < -0.3 is 28.4 Å². The quantitative estimate of drug-likeness (QED) is 0.684. The SMILES string of the molecule is COC(=O)C1=C(C(=O)OC)O[C@@](C)(OC)[C@@](C)(OC)O1. The first-order valence-corrected chi connectivity index (χ1v) is 5.67. The molecular formula is C12H18O8. The van der Waals surface area contributed by atoms with E-state index in [1.165, 1.54) is 28.1 Å². The van der Waals surface area contributed by atoms with Crippen LogP contribution >= 0.6 is 0 Å². The average Bonchev–Trinajstić information content (AvgIpc) is 2.47. The second-order valence-electron chi connectivity index (χ2n) is 4.15. The lowest BCUT2D eigenvalue weighted by Gasteiger charge is -2.46. The standard InChI is InChI=1S/C12H18O8/c1-11(17-5)12(2,18-6)20-8(10(14)16-4)7(19-11)9(13)15-3/h1-6H3/t11-,12+. The number of hydrogen-bond donors (Lipinski definition) is 0. The molecule has 0 aromatic rings. The molecule has 0 bridgehead atoms. The molecule has 0 amide bonds. The van der Waals surface area contributed by atoms with Crippen LogP contribution in [-0.2, 0) is 38.0 Å². The lowest BCUT2D eigenvalue weighted by atomic mass is 10.1. The van der Waals surface area contributed by atoms with Crippen LogP contribution in [-0.4, -0.2) is 52.0 Å². The zero-order chi connectivity index (χ0) is 15.6. The van der Waals surface area contributed by atoms with Gasteiger partial charge in [-0.05, 0) is 0 Å². The van der Waals surface area contributed by atoms with Gasteiger partial charge >= 0.3 is 11.9 Å². The molecule has 1 heterocycles. The Balaban J connectivity index is 3.39. The first kappa shape index (κ1) is 16.3. The van der Waals surface area contributed by atoms with E-state index in [1.54, 1.807) is 0 Å². The summed E-state index contributed by atoms with van der Waals surface area (Å²) in [6.45, 7) is 2.99. The van der Waals surface area contributed by atoms with Crippen LogP contribution in [0.25, 0.3) is 0 Å². The summed E-state index contributed by atoms with van der Waals surface area (Å²) < 4.78 is 30.4. The molecule has 20 heavy (non-hydrogen) atoms. The van der Waals surface area contributed by atoms with Crippen LogP contribution < -0.4 is 0 Å². The molecule has 1 rings (SSSR count). The van der Waals surface area contributed by atoms with E-state index in [1.807, 2.05) is 0 Å². The predicted molar refractivity (Wildman–Crippen MR) is 64.1 cm³/mol. The van der Waals surface area contributed by atoms with Crippen LogP contribution in [0.15, 0.2) is 11.5 Å². The zero-order valence-electron chi connectivity index (χ0n) is 12.3. The molecule has 0 saturated carbocycles. The fourth-order valence-electron chi connectivity index (χ4n) is 1.58. The number of carbonyl (C=O) groups excluding carboxylic acids is 2. The summed E-state index contributed by atoms with van der Waals surface area (Å²) >= 11 is 0. The van der Waals surface area contributed by atoms with Crippen molar-refractivity contribution >= 4 is 11.9 Å². The van der Waals surface area contributed by atoms with E-state index >= 15 is 0 Å². The van der Waals surface area contributed by atoms with Gasteiger partial charge in [0.2, 0.25) is 0 Å². The molecule has 0 aliphatic carbocycles. The number of rotatable bonds is 4. The number of carbonyl (C=O) groups is 2. The molecule has 2 atom stereocenters. The van der Waals surface area contributed by atoms with Crippen molar-refractivity contribution in [3.8, 4) is 0 Å². The number of hydrogen-bond acceptors (Lipinski definition) is 8. The molecule has 0 aromatic heterocycles. The van der Waals surface area contributed by atoms with Gasteiger partial charge in [0.15, 0.2) is 0 Å². The third kappa shape index (κ3) is 2.44. The zero-order valence-corrected chi connectivity index (χ0v) is 12.3. The highest BCUT2D eigenvalue weighted by Crippen LogP contribution is 2.40. The third-order valence-electron chi connectivity index (χ3n) is 3.15. The summed E-state index contributed by atoms with van der Waals surface area (Å²) in [5.74, 6) is -5.62. The predicted octanol–water partition coefficient (Wildman–Crippen LogP) is 0.316. The molecule has 0 N–H and O–H groups in total. The van der Waals surface area contributed by atoms with Crippen LogP contribution in [0.3, 0.4) is 0 Å². The van der Waals surface area contributed by atoms with Crippen molar-refractivity contribution in [1.29, 1.82) is 0 Å². The molecule has 0 aromatic carbocycles. The lowest BCUT2D eigenvalue weighted by molar-refractivity contribution is -0.380. The maximum Gasteiger partial charge on any atom is 0.377 e. The maximum absolute atomic E-state index is 11.7. The molecule has 1 aliphatic heterocycles. The number of esters is 2. The molecule has 0 unspecified atom stereocenters. The fraction of sp³-hybridized carbons (Fsp3) is 0.667. The van der Waals surface area contributed by atoms with Crippen molar-refractivity contribution in [1.82, 2.24) is 0 Å². The molecule has 0 radical (unpaired) electrons. The number of ether oxygens (including phenoxy) is 6. The van der Waals surface area contributed by atoms with Gasteiger partial charge in [0.05, 0.1) is 14.2 Å². The molecule has 0 saturated heterocycles. The van der Waals surface area contributed by atoms with Crippen LogP contribution in [0.4, 0.5) is 0 Å². The van der Waals surface area contributed by atoms with Gasteiger partial charge in [-0.1, -0.05) is 0 Å². The van der Waals surface area contributed by atoms with E-state index in [-0.39, 0.29) is 0 Å². The Hall–Kier alpha value is -1.80. The van der Waals surface area contributed by atoms with Crippen molar-refractivity contribution in [2.75, 3.05) is 28.4 Å². The average molecular weight is 290 g/mol. The van der Waals surface area contributed by atoms with Crippen LogP contribution in [0.5, 0.6) is 0 Å². The van der Waals surface area contributed by atoms with Gasteiger partial charge in [-0.15, -0.1) is 0 Å². The Labute approximate surface area is 116 Å². The molecule has 0 spiro atoms. The molecule has 8 heteroatoms. The summed E-state index contributed by atoms with van der Waals surface area (Å²) in [6.07, 6.45) is 0. The largest absolute Gasteiger partial charge is 0.463 e. The smallest absolute Gasteiger partial charge is 0.377 e. The minimum absolute atomic E-state index is 0.446. The van der Waals surface area contributed by atoms with Crippen molar-refractivity contribution < 1.29 is 38.0 Å². The lowest BCUT2D eigenvalue weighted by Crippen LogP contribution is -2.59. The van der Waals surface area contributed by atoms with Gasteiger partial charge in [-0.25, -0.2) is 9.59 Å². The van der Waals surface area contributed by atoms with Crippen LogP contribution in [0.1, 0.15) is 13.8 Å². The summed E-state index contributed by atoms with van der Waals surface area (Å²) in [5.41, 5.74) is 0. The minimum Gasteiger partial charge on any atom is -0.463 e. The van der Waals surface area contributed by atoms with Gasteiger partial charge in [0.25, 0.3) is 23.1 Å². The molecule has 114 valence electrons. The van der Waals surface area contributed by atoms with Crippen LogP contribution in [0.2, 0.25) is 0 Å². The maximum atomic E-state index is 11.7. The first-order chi connectivity index (χ1) is 9.28. The molecule has 0 fully saturated rings. The third-order valence-corrected chi connectivity index (χ3v) is 3.15. The van der Waals surface area contributed by atoms with Gasteiger partial charge in [-0.3, -0.25) is 0 Å². The van der Waals surface area contributed by atoms with E-state index in [0.717, 1.165) is 14.2 Å². The Morgan fingerprint density at radius 3 is 1.30 bits per heavy atom. The van der Waals surface area contributed by atoms with E-state index in [0.29, 0.717) is 0 Å². The second kappa shape index (κ2) is 5.68. The summed E-state index contributed by atoms with van der Waals surface area (Å²) in [4.78, 5) is 23.4. The van der Waals surface area contributed by atoms with E-state index in [9.17, 15) is 9.59 Å². The monoisotopic (exact) mass is 290 g/mol. The van der Waals surface area contributed by atoms with Crippen LogP contribution in [0, 0.1) is 0 Å². The minimum atomic E-state index is -1.47. The van der Waals surface area contributed by atoms with Crippen molar-refractivity contribution in [2.24, 2.45) is 0 Å². The van der Waals surface area contributed by atoms with E-state index < -0.39 is 35.0 Å². The van der Waals surface area contributed by atoms with Gasteiger partial charge in [0, 0.05) is 28.1 Å². The first-order valence-electron chi connectivity index (χ1n) is 5.67. The Bertz CT molecular complexity index is 403. The highest BCUT2D eigenvalue weighted by atomic mass is 16.8. The summed E-state index contributed by atoms with van der Waals surface area (Å²) in [5, 5.41) is 0. The van der Waals surface area contributed by atoms with Gasteiger partial charge in [-0.2, -0.15) is 0 Å². The van der Waals surface area contributed by atoms with E-state index in [2.05, 4.69) is 9.47 Å². The van der Waals surface area contributed by atoms with Crippen molar-refractivity contribution in [3.63, 3.8) is 0 Å². The highest BCUT2D eigenvalue weighted by molar-refractivity contribution is 5.97. The summed E-state index contributed by atoms with van der Waals surface area (Å²) in [6, 6.07) is 0. The van der Waals surface area contributed by atoms with Crippen molar-refractivity contribution in [3.05, 3.63) is 11.5 Å². The second-order valence-corrected chi connectivity index (χ2v) is 4.15. The topological polar surface area (TPSA) is 89.5 Å². The normalized spacial score (nSPS) is 29.3. The fourth-order valence-corrected chi connectivity index (χ4v) is 1.58. The Morgan fingerprint density at radius 1 is 0.800 bits per heavy atom. The molecule has 8 nitrogen and oxygen atoms in total. The van der Waals surface area contributed by atoms with Gasteiger partial charge in [0.1, 0.15) is 0 Å².